The van der Waals surface area contributed by atoms with Gasteiger partial charge in [0, 0.05) is 19.6 Å². The monoisotopic (exact) mass is 246 g/mol. The highest BCUT2D eigenvalue weighted by atomic mass is 15.3. The van der Waals surface area contributed by atoms with Crippen LogP contribution in [-0.4, -0.2) is 17.7 Å². The van der Waals surface area contributed by atoms with Crippen LogP contribution in [0.1, 0.15) is 38.8 Å². The molecule has 0 unspecified atom stereocenters. The number of nitrogens with two attached hydrogens (primary N) is 1. The Morgan fingerprint density at radius 1 is 1.56 bits per heavy atom. The summed E-state index contributed by atoms with van der Waals surface area (Å²) in [6.07, 6.45) is 3.51. The Labute approximate surface area is 109 Å². The molecule has 0 spiro atoms. The second-order valence-corrected chi connectivity index (χ2v) is 5.27. The topological polar surface area (TPSA) is 58.0 Å². The first kappa shape index (κ1) is 12.8. The zero-order valence-electron chi connectivity index (χ0n) is 11.3. The zero-order valence-corrected chi connectivity index (χ0v) is 11.3. The van der Waals surface area contributed by atoms with Crippen molar-refractivity contribution >= 4 is 11.5 Å². The first-order valence-corrected chi connectivity index (χ1v) is 6.81. The molecule has 1 aromatic rings. The molecule has 1 aromatic heterocycles. The number of nitrogens with zero attached hydrogens (tertiary/aromatic N) is 3. The predicted molar refractivity (Wildman–Crippen MR) is 74.5 cm³/mol. The summed E-state index contributed by atoms with van der Waals surface area (Å²) in [5.41, 5.74) is 7.54. The lowest BCUT2D eigenvalue weighted by Crippen LogP contribution is -2.36. The van der Waals surface area contributed by atoms with Gasteiger partial charge in [0.15, 0.2) is 0 Å². The molecule has 1 aliphatic rings. The molecule has 1 atom stereocenters. The Balaban J connectivity index is 2.36. The highest BCUT2D eigenvalue weighted by molar-refractivity contribution is 5.68. The Hall–Kier alpha value is -1.63. The van der Waals surface area contributed by atoms with Crippen molar-refractivity contribution in [3.63, 3.8) is 0 Å². The van der Waals surface area contributed by atoms with E-state index in [2.05, 4.69) is 29.4 Å². The lowest BCUT2D eigenvalue weighted by atomic mass is 10.0. The number of hydrogen-bond acceptors (Lipinski definition) is 3. The van der Waals surface area contributed by atoms with Crippen molar-refractivity contribution in [2.75, 3.05) is 23.7 Å². The van der Waals surface area contributed by atoms with Gasteiger partial charge in [-0.15, -0.1) is 0 Å². The molecule has 2 rings (SSSR count). The van der Waals surface area contributed by atoms with Crippen LogP contribution in [0.25, 0.3) is 0 Å². The van der Waals surface area contributed by atoms with Crippen molar-refractivity contribution in [2.45, 2.75) is 39.7 Å². The molecule has 2 heterocycles. The number of nitriles is 1. The molecule has 1 saturated heterocycles. The molecule has 0 saturated carbocycles. The number of piperidine rings is 1. The maximum Gasteiger partial charge on any atom is 0.133 e. The van der Waals surface area contributed by atoms with Gasteiger partial charge in [0.05, 0.1) is 5.69 Å². The Bertz CT molecular complexity index is 455. The van der Waals surface area contributed by atoms with E-state index in [4.69, 9.17) is 5.73 Å². The predicted octanol–water partition coefficient (Wildman–Crippen LogP) is 2.59. The Morgan fingerprint density at radius 2 is 2.33 bits per heavy atom. The quantitative estimate of drug-likeness (QED) is 0.891. The van der Waals surface area contributed by atoms with E-state index in [0.29, 0.717) is 11.6 Å². The van der Waals surface area contributed by atoms with E-state index >= 15 is 0 Å². The third-order valence-corrected chi connectivity index (χ3v) is 3.62. The Morgan fingerprint density at radius 3 is 2.94 bits per heavy atom. The van der Waals surface area contributed by atoms with E-state index in [1.807, 2.05) is 6.07 Å². The molecule has 1 aliphatic heterocycles. The molecule has 2 N–H and O–H groups in total. The maximum absolute atomic E-state index is 9.19. The molecular formula is C14H22N4. The molecule has 4 heteroatoms. The van der Waals surface area contributed by atoms with Crippen LogP contribution < -0.4 is 10.6 Å². The fraction of sp³-hybridized carbons (Fsp3) is 0.643. The number of anilines is 2. The minimum absolute atomic E-state index is 0.683. The van der Waals surface area contributed by atoms with Crippen LogP contribution in [0.3, 0.4) is 0 Å². The van der Waals surface area contributed by atoms with Crippen LogP contribution in [0.4, 0.5) is 11.5 Å². The van der Waals surface area contributed by atoms with E-state index in [0.717, 1.165) is 37.6 Å². The summed E-state index contributed by atoms with van der Waals surface area (Å²) in [7, 11) is 0. The fourth-order valence-corrected chi connectivity index (χ4v) is 2.84. The minimum atomic E-state index is 0.683. The van der Waals surface area contributed by atoms with E-state index in [1.54, 1.807) is 0 Å². The molecule has 0 aromatic carbocycles. The van der Waals surface area contributed by atoms with Crippen molar-refractivity contribution in [1.82, 2.24) is 4.57 Å². The lowest BCUT2D eigenvalue weighted by Gasteiger charge is -2.33. The second-order valence-electron chi connectivity index (χ2n) is 5.27. The molecule has 98 valence electrons. The summed E-state index contributed by atoms with van der Waals surface area (Å²) in [6, 6.07) is 4.06. The van der Waals surface area contributed by atoms with E-state index in [-0.39, 0.29) is 0 Å². The van der Waals surface area contributed by atoms with Crippen molar-refractivity contribution in [1.29, 1.82) is 5.26 Å². The normalized spacial score (nSPS) is 19.8. The number of nitrogen functional groups attached to an aromatic ring is 1. The highest BCUT2D eigenvalue weighted by Crippen LogP contribution is 2.31. The molecule has 0 bridgehead atoms. The molecule has 4 nitrogen and oxygen atoms in total. The third-order valence-electron chi connectivity index (χ3n) is 3.62. The second kappa shape index (κ2) is 5.34. The number of rotatable bonds is 3. The van der Waals surface area contributed by atoms with Gasteiger partial charge >= 0.3 is 0 Å². The van der Waals surface area contributed by atoms with Crippen LogP contribution in [0.15, 0.2) is 6.07 Å². The lowest BCUT2D eigenvalue weighted by molar-refractivity contribution is 0.440. The van der Waals surface area contributed by atoms with Gasteiger partial charge in [0.25, 0.3) is 0 Å². The first-order chi connectivity index (χ1) is 8.67. The molecule has 18 heavy (non-hydrogen) atoms. The standard InChI is InChI=1S/C14H22N4/c1-3-6-18-12(9-15)8-13(16)14(18)17-7-4-5-11(2)10-17/h8,11H,3-7,10,16H2,1-2H3/t11-/m0/s1. The van der Waals surface area contributed by atoms with Crippen LogP contribution in [0, 0.1) is 17.2 Å². The van der Waals surface area contributed by atoms with E-state index < -0.39 is 0 Å². The average Bonchev–Trinajstić information content (AvgIpc) is 2.66. The zero-order chi connectivity index (χ0) is 13.1. The summed E-state index contributed by atoms with van der Waals surface area (Å²) < 4.78 is 2.08. The van der Waals surface area contributed by atoms with Crippen molar-refractivity contribution < 1.29 is 0 Å². The summed E-state index contributed by atoms with van der Waals surface area (Å²) in [5, 5.41) is 9.19. The Kier molecular flexibility index (Phi) is 3.81. The van der Waals surface area contributed by atoms with Crippen LogP contribution >= 0.6 is 0 Å². The maximum atomic E-state index is 9.19. The largest absolute Gasteiger partial charge is 0.396 e. The third kappa shape index (κ3) is 2.31. The smallest absolute Gasteiger partial charge is 0.133 e. The number of hydrogen-bond donors (Lipinski definition) is 1. The fourth-order valence-electron chi connectivity index (χ4n) is 2.84. The summed E-state index contributed by atoms with van der Waals surface area (Å²) >= 11 is 0. The van der Waals surface area contributed by atoms with E-state index in [9.17, 15) is 5.26 Å². The van der Waals surface area contributed by atoms with Crippen LogP contribution in [0.5, 0.6) is 0 Å². The van der Waals surface area contributed by atoms with Crippen molar-refractivity contribution in [2.24, 2.45) is 5.92 Å². The summed E-state index contributed by atoms with van der Waals surface area (Å²) in [5.74, 6) is 1.76. The van der Waals surface area contributed by atoms with Gasteiger partial charge < -0.3 is 15.2 Å². The van der Waals surface area contributed by atoms with Crippen LogP contribution in [-0.2, 0) is 6.54 Å². The molecule has 0 aliphatic carbocycles. The van der Waals surface area contributed by atoms with Gasteiger partial charge in [-0.3, -0.25) is 0 Å². The SMILES string of the molecule is CCCn1c(C#N)cc(N)c1N1CCC[C@H](C)C1. The first-order valence-electron chi connectivity index (χ1n) is 6.81. The molecule has 0 radical (unpaired) electrons. The summed E-state index contributed by atoms with van der Waals surface area (Å²) in [6.45, 7) is 7.36. The molecular weight excluding hydrogens is 224 g/mol. The van der Waals surface area contributed by atoms with Gasteiger partial charge in [-0.25, -0.2) is 0 Å². The van der Waals surface area contributed by atoms with Gasteiger partial charge in [-0.1, -0.05) is 13.8 Å². The minimum Gasteiger partial charge on any atom is -0.396 e. The number of aromatic nitrogens is 1. The van der Waals surface area contributed by atoms with E-state index in [1.165, 1.54) is 12.8 Å². The van der Waals surface area contributed by atoms with Gasteiger partial charge in [0.2, 0.25) is 0 Å². The molecule has 1 fully saturated rings. The average molecular weight is 246 g/mol. The molecule has 0 amide bonds. The van der Waals surface area contributed by atoms with Crippen molar-refractivity contribution in [3.8, 4) is 6.07 Å². The van der Waals surface area contributed by atoms with Crippen LogP contribution in [0.2, 0.25) is 0 Å². The van der Waals surface area contributed by atoms with Crippen molar-refractivity contribution in [3.05, 3.63) is 11.8 Å². The van der Waals surface area contributed by atoms with Gasteiger partial charge in [-0.05, 0) is 31.2 Å². The summed E-state index contributed by atoms with van der Waals surface area (Å²) in [4.78, 5) is 2.35. The highest BCUT2D eigenvalue weighted by Gasteiger charge is 2.23. The van der Waals surface area contributed by atoms with Gasteiger partial charge in [-0.2, -0.15) is 5.26 Å². The van der Waals surface area contributed by atoms with Gasteiger partial charge in [0.1, 0.15) is 17.6 Å².